The Hall–Kier alpha value is -3.63. The number of hydrogen-bond acceptors (Lipinski definition) is 6. The number of methoxy groups -OCH3 is 1. The number of aromatic nitrogens is 3. The van der Waals surface area contributed by atoms with E-state index < -0.39 is 17.3 Å². The average molecular weight is 444 g/mol. The zero-order valence-electron chi connectivity index (χ0n) is 15.4. The number of urea groups is 1. The Kier molecular flexibility index (Phi) is 5.25. The first-order chi connectivity index (χ1) is 14.4. The number of aromatic amines is 1. The molecule has 3 N–H and O–H groups in total. The number of nitrogens with zero attached hydrogens (tertiary/aromatic N) is 2. The van der Waals surface area contributed by atoms with Gasteiger partial charge >= 0.3 is 11.7 Å². The van der Waals surface area contributed by atoms with Crippen LogP contribution in [0.5, 0.6) is 5.75 Å². The van der Waals surface area contributed by atoms with E-state index in [-0.39, 0.29) is 15.5 Å². The van der Waals surface area contributed by atoms with Gasteiger partial charge in [-0.15, -0.1) is 0 Å². The number of H-pyrrole nitrogens is 1. The molecule has 0 aliphatic rings. The molecular weight excluding hydrogens is 430 g/mol. The largest absolute Gasteiger partial charge is 0.497 e. The minimum Gasteiger partial charge on any atom is -0.497 e. The third-order valence-corrected chi connectivity index (χ3v) is 5.31. The number of amides is 2. The van der Waals surface area contributed by atoms with Crippen LogP contribution in [0.25, 0.3) is 16.0 Å². The Bertz CT molecular complexity index is 1340. The van der Waals surface area contributed by atoms with Crippen LogP contribution >= 0.6 is 22.9 Å². The molecule has 9 nitrogen and oxygen atoms in total. The molecule has 0 fully saturated rings. The molecule has 4 aromatic rings. The van der Waals surface area contributed by atoms with Gasteiger partial charge in [0.05, 0.1) is 12.8 Å². The van der Waals surface area contributed by atoms with E-state index in [0.29, 0.717) is 22.1 Å². The molecule has 0 saturated heterocycles. The maximum atomic E-state index is 12.4. The summed E-state index contributed by atoms with van der Waals surface area (Å²) >= 11 is 6.79. The fraction of sp³-hybridized carbons (Fsp3) is 0.0526. The summed E-state index contributed by atoms with van der Waals surface area (Å²) in [6.07, 6.45) is 0. The van der Waals surface area contributed by atoms with Crippen LogP contribution in [-0.2, 0) is 0 Å². The molecule has 30 heavy (non-hydrogen) atoms. The Morgan fingerprint density at radius 1 is 1.10 bits per heavy atom. The second-order valence-corrected chi connectivity index (χ2v) is 7.49. The maximum Gasteiger partial charge on any atom is 0.334 e. The summed E-state index contributed by atoms with van der Waals surface area (Å²) in [6.45, 7) is 0. The number of ether oxygens (including phenoxy) is 1. The second kappa shape index (κ2) is 8.01. The first-order valence-electron chi connectivity index (χ1n) is 8.58. The summed E-state index contributed by atoms with van der Waals surface area (Å²) < 4.78 is 6.58. The van der Waals surface area contributed by atoms with Gasteiger partial charge in [0.2, 0.25) is 0 Å². The van der Waals surface area contributed by atoms with Gasteiger partial charge in [-0.1, -0.05) is 22.9 Å². The van der Waals surface area contributed by atoms with E-state index in [1.54, 1.807) is 48.5 Å². The van der Waals surface area contributed by atoms with Crippen LogP contribution < -0.4 is 26.6 Å². The summed E-state index contributed by atoms with van der Waals surface area (Å²) in [5.74, 6) is 0.618. The number of carbonyl (C=O) groups is 1. The molecule has 2 aromatic carbocycles. The summed E-state index contributed by atoms with van der Waals surface area (Å²) in [6, 6.07) is 12.7. The lowest BCUT2D eigenvalue weighted by Crippen LogP contribution is -2.28. The van der Waals surface area contributed by atoms with E-state index in [0.717, 1.165) is 11.3 Å². The number of hydrogen-bond donors (Lipinski definition) is 3. The number of anilines is 2. The molecular formula is C19H14ClN5O4S. The molecule has 2 aromatic heterocycles. The smallest absolute Gasteiger partial charge is 0.334 e. The van der Waals surface area contributed by atoms with Crippen LogP contribution in [0.3, 0.4) is 0 Å². The fourth-order valence-electron chi connectivity index (χ4n) is 2.73. The lowest BCUT2D eigenvalue weighted by molar-refractivity contribution is 0.262. The van der Waals surface area contributed by atoms with Crippen molar-refractivity contribution in [2.45, 2.75) is 0 Å². The Morgan fingerprint density at radius 3 is 2.47 bits per heavy atom. The van der Waals surface area contributed by atoms with E-state index in [9.17, 15) is 14.4 Å². The Morgan fingerprint density at radius 2 is 1.80 bits per heavy atom. The van der Waals surface area contributed by atoms with E-state index >= 15 is 0 Å². The van der Waals surface area contributed by atoms with Crippen LogP contribution in [0.4, 0.5) is 15.6 Å². The molecule has 152 valence electrons. The van der Waals surface area contributed by atoms with Crippen LogP contribution in [0.15, 0.2) is 58.1 Å². The minimum atomic E-state index is -0.639. The zero-order valence-corrected chi connectivity index (χ0v) is 17.0. The summed E-state index contributed by atoms with van der Waals surface area (Å²) in [4.78, 5) is 43.5. The molecule has 0 aliphatic carbocycles. The summed E-state index contributed by atoms with van der Waals surface area (Å²) in [5.41, 5.74) is -0.0558. The van der Waals surface area contributed by atoms with Crippen molar-refractivity contribution in [2.24, 2.45) is 0 Å². The van der Waals surface area contributed by atoms with Crippen molar-refractivity contribution < 1.29 is 9.53 Å². The number of rotatable bonds is 4. The van der Waals surface area contributed by atoms with Gasteiger partial charge < -0.3 is 10.1 Å². The third kappa shape index (κ3) is 3.91. The van der Waals surface area contributed by atoms with Crippen LogP contribution in [-0.4, -0.2) is 27.7 Å². The summed E-state index contributed by atoms with van der Waals surface area (Å²) in [7, 11) is 1.53. The molecule has 0 aliphatic heterocycles. The van der Waals surface area contributed by atoms with E-state index in [1.807, 2.05) is 0 Å². The Labute approximate surface area is 177 Å². The molecule has 0 atom stereocenters. The van der Waals surface area contributed by atoms with Crippen molar-refractivity contribution in [3.05, 3.63) is 74.4 Å². The highest BCUT2D eigenvalue weighted by Crippen LogP contribution is 2.24. The standard InChI is InChI=1S/C19H14ClN5O4S/c1-29-13-8-6-12(7-9-13)25-15-14(16(26)23-19(25)28)30-18(22-15)24-17(27)21-11-4-2-10(20)3-5-11/h2-9H,1H3,(H,23,26,28)(H2,21,22,24,27). The highest BCUT2D eigenvalue weighted by atomic mass is 35.5. The predicted molar refractivity (Wildman–Crippen MR) is 116 cm³/mol. The van der Waals surface area contributed by atoms with Crippen molar-refractivity contribution in [2.75, 3.05) is 17.7 Å². The predicted octanol–water partition coefficient (Wildman–Crippen LogP) is 3.44. The van der Waals surface area contributed by atoms with Crippen LogP contribution in [0, 0.1) is 0 Å². The van der Waals surface area contributed by atoms with Gasteiger partial charge in [0, 0.05) is 10.7 Å². The number of carbonyl (C=O) groups excluding carboxylic acids is 1. The highest BCUT2D eigenvalue weighted by molar-refractivity contribution is 7.22. The molecule has 0 spiro atoms. The topological polar surface area (TPSA) is 118 Å². The van der Waals surface area contributed by atoms with Gasteiger partial charge in [0.25, 0.3) is 5.56 Å². The number of thiazole rings is 1. The van der Waals surface area contributed by atoms with Gasteiger partial charge in [-0.05, 0) is 48.5 Å². The van der Waals surface area contributed by atoms with Crippen molar-refractivity contribution in [1.29, 1.82) is 0 Å². The molecule has 2 heterocycles. The highest BCUT2D eigenvalue weighted by Gasteiger charge is 2.16. The van der Waals surface area contributed by atoms with Gasteiger partial charge in [0.1, 0.15) is 10.4 Å². The number of nitrogens with one attached hydrogen (secondary N) is 3. The molecule has 4 rings (SSSR count). The van der Waals surface area contributed by atoms with Gasteiger partial charge in [0.15, 0.2) is 10.8 Å². The normalized spacial score (nSPS) is 10.7. The first-order valence-corrected chi connectivity index (χ1v) is 9.78. The monoisotopic (exact) mass is 443 g/mol. The van der Waals surface area contributed by atoms with Gasteiger partial charge in [-0.25, -0.2) is 19.1 Å². The lowest BCUT2D eigenvalue weighted by atomic mass is 10.3. The number of fused-ring (bicyclic) bond motifs is 1. The second-order valence-electron chi connectivity index (χ2n) is 6.05. The quantitative estimate of drug-likeness (QED) is 0.446. The molecule has 0 saturated carbocycles. The van der Waals surface area contributed by atoms with Crippen molar-refractivity contribution in [3.8, 4) is 11.4 Å². The molecule has 0 unspecified atom stereocenters. The Balaban J connectivity index is 1.68. The summed E-state index contributed by atoms with van der Waals surface area (Å²) in [5, 5.41) is 5.92. The van der Waals surface area contributed by atoms with Gasteiger partial charge in [-0.2, -0.15) is 0 Å². The maximum absolute atomic E-state index is 12.4. The third-order valence-electron chi connectivity index (χ3n) is 4.10. The van der Waals surface area contributed by atoms with Crippen LogP contribution in [0.1, 0.15) is 0 Å². The first kappa shape index (κ1) is 19.7. The molecule has 0 bridgehead atoms. The van der Waals surface area contributed by atoms with Gasteiger partial charge in [-0.3, -0.25) is 15.1 Å². The zero-order chi connectivity index (χ0) is 21.3. The fourth-order valence-corrected chi connectivity index (χ4v) is 3.70. The van der Waals surface area contributed by atoms with Crippen molar-refractivity contribution >= 4 is 50.1 Å². The SMILES string of the molecule is COc1ccc(-n2c(=O)[nH]c(=O)c3sc(NC(=O)Nc4ccc(Cl)cc4)nc32)cc1. The lowest BCUT2D eigenvalue weighted by Gasteiger charge is -2.07. The molecule has 11 heteroatoms. The van der Waals surface area contributed by atoms with Crippen LogP contribution in [0.2, 0.25) is 5.02 Å². The van der Waals surface area contributed by atoms with Crippen molar-refractivity contribution in [3.63, 3.8) is 0 Å². The van der Waals surface area contributed by atoms with E-state index in [1.165, 1.54) is 11.7 Å². The molecule has 2 amide bonds. The number of halogens is 1. The average Bonchev–Trinajstić information content (AvgIpc) is 3.14. The minimum absolute atomic E-state index is 0.140. The van der Waals surface area contributed by atoms with E-state index in [2.05, 4.69) is 20.6 Å². The molecule has 0 radical (unpaired) electrons. The van der Waals surface area contributed by atoms with E-state index in [4.69, 9.17) is 16.3 Å². The number of benzene rings is 2. The van der Waals surface area contributed by atoms with Crippen molar-refractivity contribution in [1.82, 2.24) is 14.5 Å².